The number of hydrogen-bond donors (Lipinski definition) is 0. The molecule has 0 spiro atoms. The maximum Gasteiger partial charge on any atom is 0.338 e. The Morgan fingerprint density at radius 3 is 2.56 bits per heavy atom. The molecule has 0 radical (unpaired) electrons. The Hall–Kier alpha value is -2.68. The molecule has 0 unspecified atom stereocenters. The van der Waals surface area contributed by atoms with Gasteiger partial charge in [0.15, 0.2) is 4.80 Å². The second-order valence-corrected chi connectivity index (χ2v) is 10.3. The van der Waals surface area contributed by atoms with E-state index in [0.29, 0.717) is 31.4 Å². The first-order valence-corrected chi connectivity index (χ1v) is 12.5. The minimum atomic E-state index is -0.676. The van der Waals surface area contributed by atoms with Crippen molar-refractivity contribution in [3.05, 3.63) is 94.0 Å². The van der Waals surface area contributed by atoms with Gasteiger partial charge in [0.1, 0.15) is 5.75 Å². The smallest absolute Gasteiger partial charge is 0.338 e. The molecule has 6 nitrogen and oxygen atoms in total. The highest BCUT2D eigenvalue weighted by Crippen LogP contribution is 2.31. The first-order valence-electron chi connectivity index (χ1n) is 10.5. The van der Waals surface area contributed by atoms with Gasteiger partial charge in [0, 0.05) is 5.02 Å². The Labute approximate surface area is 213 Å². The number of carbonyl (C=O) groups excluding carboxylic acids is 1. The van der Waals surface area contributed by atoms with Gasteiger partial charge in [0.05, 0.1) is 39.5 Å². The molecule has 9 heteroatoms. The largest absolute Gasteiger partial charge is 0.496 e. The highest BCUT2D eigenvalue weighted by atomic mass is 79.9. The van der Waals surface area contributed by atoms with E-state index < -0.39 is 12.0 Å². The summed E-state index contributed by atoms with van der Waals surface area (Å²) in [5, 5.41) is 0.563. The number of carbonyl (C=O) groups is 1. The van der Waals surface area contributed by atoms with E-state index >= 15 is 0 Å². The Bertz CT molecular complexity index is 1470. The number of benzene rings is 2. The van der Waals surface area contributed by atoms with Crippen LogP contribution in [0.3, 0.4) is 0 Å². The number of thiazole rings is 1. The average Bonchev–Trinajstić information content (AvgIpc) is 3.07. The Morgan fingerprint density at radius 1 is 1.24 bits per heavy atom. The highest BCUT2D eigenvalue weighted by molar-refractivity contribution is 9.10. The zero-order valence-electron chi connectivity index (χ0n) is 19.0. The van der Waals surface area contributed by atoms with Crippen molar-refractivity contribution in [1.82, 2.24) is 4.57 Å². The monoisotopic (exact) mass is 560 g/mol. The maximum absolute atomic E-state index is 13.6. The van der Waals surface area contributed by atoms with Crippen molar-refractivity contribution in [2.45, 2.75) is 32.9 Å². The summed E-state index contributed by atoms with van der Waals surface area (Å²) in [6.07, 6.45) is 1.50. The fourth-order valence-electron chi connectivity index (χ4n) is 3.74. The number of ether oxygens (including phenoxy) is 2. The molecule has 0 saturated heterocycles. The summed E-state index contributed by atoms with van der Waals surface area (Å²) in [6.45, 7) is 5.33. The van der Waals surface area contributed by atoms with Crippen LogP contribution in [-0.2, 0) is 9.53 Å². The third-order valence-electron chi connectivity index (χ3n) is 5.24. The lowest BCUT2D eigenvalue weighted by molar-refractivity contribution is -0.143. The van der Waals surface area contributed by atoms with E-state index in [1.54, 1.807) is 50.7 Å². The number of aromatic nitrogens is 1. The molecule has 3 aromatic rings. The summed E-state index contributed by atoms with van der Waals surface area (Å²) < 4.78 is 13.6. The molecule has 1 aliphatic heterocycles. The van der Waals surface area contributed by atoms with Crippen LogP contribution in [0.5, 0.6) is 5.75 Å². The third kappa shape index (κ3) is 4.76. The minimum Gasteiger partial charge on any atom is -0.496 e. The van der Waals surface area contributed by atoms with Crippen LogP contribution in [0.25, 0.3) is 6.08 Å². The van der Waals surface area contributed by atoms with Crippen LogP contribution in [0, 0.1) is 0 Å². The SMILES string of the molecule is COc1ccc(C=c2sc3n(c2=O)[C@@H](c2ccc(Cl)cc2)C(C(=O)OC(C)C)=C(C)N=3)cc1Br. The van der Waals surface area contributed by atoms with Crippen molar-refractivity contribution in [2.75, 3.05) is 7.11 Å². The van der Waals surface area contributed by atoms with Crippen molar-refractivity contribution >= 4 is 50.9 Å². The van der Waals surface area contributed by atoms with Crippen LogP contribution in [0.4, 0.5) is 0 Å². The standard InChI is InChI=1S/C25H22BrClN2O4S/c1-13(2)33-24(31)21-14(3)28-25-29(22(21)16-6-8-17(27)9-7-16)23(30)20(34-25)12-15-5-10-19(32-4)18(26)11-15/h5-13,22H,1-4H3/t22-/m0/s1. The molecular formula is C25H22BrClN2O4S. The summed E-state index contributed by atoms with van der Waals surface area (Å²) in [5.74, 6) is 0.204. The van der Waals surface area contributed by atoms with Gasteiger partial charge < -0.3 is 9.47 Å². The molecule has 2 aromatic carbocycles. The van der Waals surface area contributed by atoms with Gasteiger partial charge in [0.25, 0.3) is 5.56 Å². The van der Waals surface area contributed by atoms with Crippen LogP contribution in [0.15, 0.2) is 68.0 Å². The van der Waals surface area contributed by atoms with Gasteiger partial charge in [-0.15, -0.1) is 0 Å². The third-order valence-corrected chi connectivity index (χ3v) is 7.10. The number of nitrogens with zero attached hydrogens (tertiary/aromatic N) is 2. The summed E-state index contributed by atoms with van der Waals surface area (Å²) in [5.41, 5.74) is 2.19. The molecule has 0 fully saturated rings. The zero-order chi connectivity index (χ0) is 24.6. The van der Waals surface area contributed by atoms with Crippen LogP contribution >= 0.6 is 38.9 Å². The van der Waals surface area contributed by atoms with Crippen LogP contribution in [-0.4, -0.2) is 23.8 Å². The van der Waals surface area contributed by atoms with Gasteiger partial charge in [-0.05, 0) is 78.2 Å². The van der Waals surface area contributed by atoms with E-state index in [4.69, 9.17) is 21.1 Å². The number of fused-ring (bicyclic) bond motifs is 1. The predicted octanol–water partition coefficient (Wildman–Crippen LogP) is 4.61. The highest BCUT2D eigenvalue weighted by Gasteiger charge is 2.33. The quantitative estimate of drug-likeness (QED) is 0.427. The Kier molecular flexibility index (Phi) is 7.12. The van der Waals surface area contributed by atoms with Gasteiger partial charge >= 0.3 is 5.97 Å². The second-order valence-electron chi connectivity index (χ2n) is 7.98. The lowest BCUT2D eigenvalue weighted by Crippen LogP contribution is -2.40. The summed E-state index contributed by atoms with van der Waals surface area (Å²) in [6, 6.07) is 12.0. The van der Waals surface area contributed by atoms with Crippen molar-refractivity contribution in [3.63, 3.8) is 0 Å². The first kappa shape index (κ1) is 24.4. The molecule has 0 amide bonds. The summed E-state index contributed by atoms with van der Waals surface area (Å²) in [7, 11) is 1.60. The molecular weight excluding hydrogens is 540 g/mol. The number of allylic oxidation sites excluding steroid dienone is 1. The van der Waals surface area contributed by atoms with E-state index in [-0.39, 0.29) is 11.7 Å². The van der Waals surface area contributed by atoms with Crippen molar-refractivity contribution in [2.24, 2.45) is 4.99 Å². The fraction of sp³-hybridized carbons (Fsp3) is 0.240. The molecule has 1 aromatic heterocycles. The first-order chi connectivity index (χ1) is 16.2. The summed E-state index contributed by atoms with van der Waals surface area (Å²) in [4.78, 5) is 31.8. The van der Waals surface area contributed by atoms with Gasteiger partial charge in [-0.1, -0.05) is 41.1 Å². The van der Waals surface area contributed by atoms with Gasteiger partial charge in [-0.25, -0.2) is 9.79 Å². The Balaban J connectivity index is 1.92. The molecule has 1 aliphatic rings. The molecule has 176 valence electrons. The molecule has 2 heterocycles. The molecule has 1 atom stereocenters. The zero-order valence-corrected chi connectivity index (χ0v) is 22.1. The molecule has 0 N–H and O–H groups in total. The summed E-state index contributed by atoms with van der Waals surface area (Å²) >= 11 is 10.9. The molecule has 4 rings (SSSR count). The van der Waals surface area contributed by atoms with E-state index in [0.717, 1.165) is 15.6 Å². The normalized spacial score (nSPS) is 15.9. The topological polar surface area (TPSA) is 69.9 Å². The van der Waals surface area contributed by atoms with Crippen LogP contribution < -0.4 is 19.6 Å². The van der Waals surface area contributed by atoms with Crippen LogP contribution in [0.1, 0.15) is 37.9 Å². The predicted molar refractivity (Wildman–Crippen MR) is 137 cm³/mol. The minimum absolute atomic E-state index is 0.238. The van der Waals surface area contributed by atoms with Crippen LogP contribution in [0.2, 0.25) is 5.02 Å². The maximum atomic E-state index is 13.6. The van der Waals surface area contributed by atoms with E-state index in [9.17, 15) is 9.59 Å². The fourth-order valence-corrected chi connectivity index (χ4v) is 5.48. The number of halogens is 2. The van der Waals surface area contributed by atoms with E-state index in [1.165, 1.54) is 11.3 Å². The molecule has 0 saturated carbocycles. The molecule has 0 aliphatic carbocycles. The van der Waals surface area contributed by atoms with Gasteiger partial charge in [-0.3, -0.25) is 9.36 Å². The van der Waals surface area contributed by atoms with E-state index in [2.05, 4.69) is 20.9 Å². The molecule has 34 heavy (non-hydrogen) atoms. The number of hydrogen-bond acceptors (Lipinski definition) is 6. The number of rotatable bonds is 5. The van der Waals surface area contributed by atoms with E-state index in [1.807, 2.05) is 30.3 Å². The van der Waals surface area contributed by atoms with Crippen molar-refractivity contribution in [1.29, 1.82) is 0 Å². The second kappa shape index (κ2) is 9.90. The Morgan fingerprint density at radius 2 is 1.94 bits per heavy atom. The molecule has 0 bridgehead atoms. The number of methoxy groups -OCH3 is 1. The lowest BCUT2D eigenvalue weighted by Gasteiger charge is -2.25. The van der Waals surface area contributed by atoms with Gasteiger partial charge in [-0.2, -0.15) is 0 Å². The average molecular weight is 562 g/mol. The van der Waals surface area contributed by atoms with Gasteiger partial charge in [0.2, 0.25) is 0 Å². The lowest BCUT2D eigenvalue weighted by atomic mass is 9.96. The van der Waals surface area contributed by atoms with Crippen molar-refractivity contribution in [3.8, 4) is 5.75 Å². The van der Waals surface area contributed by atoms with Crippen molar-refractivity contribution < 1.29 is 14.3 Å². The number of esters is 1.